The average Bonchev–Trinajstić information content (AvgIpc) is 2.78. The monoisotopic (exact) mass is 414 g/mol. The van der Waals surface area contributed by atoms with Crippen molar-refractivity contribution in [3.63, 3.8) is 0 Å². The Morgan fingerprint density at radius 2 is 1.84 bits per heavy atom. The van der Waals surface area contributed by atoms with Crippen LogP contribution >= 0.6 is 0 Å². The fourth-order valence-electron chi connectivity index (χ4n) is 2.98. The van der Waals surface area contributed by atoms with E-state index in [1.807, 2.05) is 44.2 Å². The van der Waals surface area contributed by atoms with Crippen LogP contribution < -0.4 is 9.47 Å². The van der Waals surface area contributed by atoms with Crippen molar-refractivity contribution in [2.75, 3.05) is 6.61 Å². The van der Waals surface area contributed by atoms with Crippen molar-refractivity contribution in [2.24, 2.45) is 0 Å². The van der Waals surface area contributed by atoms with E-state index in [1.54, 1.807) is 30.3 Å². The molecule has 0 saturated heterocycles. The van der Waals surface area contributed by atoms with Crippen LogP contribution in [-0.2, 0) is 6.61 Å². The van der Waals surface area contributed by atoms with Crippen molar-refractivity contribution in [1.82, 2.24) is 0 Å². The molecule has 0 unspecified atom stereocenters. The van der Waals surface area contributed by atoms with Crippen LogP contribution in [0.15, 0.2) is 66.7 Å². The van der Waals surface area contributed by atoms with Gasteiger partial charge in [0.1, 0.15) is 6.61 Å². The van der Waals surface area contributed by atoms with E-state index in [1.165, 1.54) is 17.7 Å². The summed E-state index contributed by atoms with van der Waals surface area (Å²) in [6.07, 6.45) is 1.67. The topological polar surface area (TPSA) is 85.4 Å². The lowest BCUT2D eigenvalue weighted by Crippen LogP contribution is -2.00. The molecule has 0 aromatic heterocycles. The van der Waals surface area contributed by atoms with Crippen LogP contribution in [0.5, 0.6) is 11.5 Å². The number of ether oxygens (including phenoxy) is 2. The van der Waals surface area contributed by atoms with E-state index in [9.17, 15) is 15.4 Å². The lowest BCUT2D eigenvalue weighted by atomic mass is 10.0. The van der Waals surface area contributed by atoms with Gasteiger partial charge in [-0.2, -0.15) is 5.26 Å². The fraction of sp³-hybridized carbons (Fsp3) is 0.160. The third-order valence-corrected chi connectivity index (χ3v) is 4.58. The lowest BCUT2D eigenvalue weighted by Gasteiger charge is -2.13. The second kappa shape index (κ2) is 10.1. The van der Waals surface area contributed by atoms with Crippen LogP contribution in [0.1, 0.15) is 29.2 Å². The van der Waals surface area contributed by atoms with E-state index >= 15 is 0 Å². The number of benzene rings is 3. The summed E-state index contributed by atoms with van der Waals surface area (Å²) in [5.74, 6) is 1.17. The number of hydrogen-bond acceptors (Lipinski definition) is 5. The summed E-state index contributed by atoms with van der Waals surface area (Å²) in [4.78, 5) is 10.5. The van der Waals surface area contributed by atoms with Crippen molar-refractivity contribution >= 4 is 17.3 Å². The van der Waals surface area contributed by atoms with Gasteiger partial charge in [-0.05, 0) is 48.7 Å². The quantitative estimate of drug-likeness (QED) is 0.197. The van der Waals surface area contributed by atoms with Gasteiger partial charge in [-0.25, -0.2) is 0 Å². The van der Waals surface area contributed by atoms with Gasteiger partial charge in [-0.3, -0.25) is 10.1 Å². The largest absolute Gasteiger partial charge is 0.490 e. The Bertz CT molecular complexity index is 1140. The maximum absolute atomic E-state index is 11.0. The molecule has 156 valence electrons. The van der Waals surface area contributed by atoms with Gasteiger partial charge in [-0.15, -0.1) is 0 Å². The Labute approximate surface area is 181 Å². The first-order valence-electron chi connectivity index (χ1n) is 9.82. The van der Waals surface area contributed by atoms with Crippen molar-refractivity contribution < 1.29 is 14.4 Å². The highest BCUT2D eigenvalue weighted by Crippen LogP contribution is 2.31. The molecule has 0 bridgehead atoms. The molecule has 0 atom stereocenters. The molecular weight excluding hydrogens is 392 g/mol. The summed E-state index contributed by atoms with van der Waals surface area (Å²) in [6, 6.07) is 21.7. The van der Waals surface area contributed by atoms with Gasteiger partial charge < -0.3 is 9.47 Å². The first kappa shape index (κ1) is 21.6. The van der Waals surface area contributed by atoms with E-state index < -0.39 is 4.92 Å². The van der Waals surface area contributed by atoms with Crippen LogP contribution in [0, 0.1) is 28.4 Å². The number of nitro benzene ring substituents is 1. The highest BCUT2D eigenvalue weighted by molar-refractivity contribution is 5.90. The zero-order chi connectivity index (χ0) is 22.2. The average molecular weight is 414 g/mol. The molecule has 6 nitrogen and oxygen atoms in total. The van der Waals surface area contributed by atoms with E-state index in [0.717, 1.165) is 11.1 Å². The maximum Gasteiger partial charge on any atom is 0.270 e. The Kier molecular flexibility index (Phi) is 7.02. The Balaban J connectivity index is 1.86. The predicted molar refractivity (Wildman–Crippen MR) is 120 cm³/mol. The Morgan fingerprint density at radius 3 is 2.52 bits per heavy atom. The lowest BCUT2D eigenvalue weighted by molar-refractivity contribution is -0.384. The minimum atomic E-state index is -0.480. The first-order chi connectivity index (χ1) is 15.0. The summed E-state index contributed by atoms with van der Waals surface area (Å²) in [5, 5.41) is 20.6. The first-order valence-corrected chi connectivity index (χ1v) is 9.82. The molecule has 0 amide bonds. The van der Waals surface area contributed by atoms with Crippen molar-refractivity contribution in [1.29, 1.82) is 5.26 Å². The molecule has 31 heavy (non-hydrogen) atoms. The molecule has 0 fully saturated rings. The van der Waals surface area contributed by atoms with E-state index in [2.05, 4.69) is 6.07 Å². The molecular formula is C25H22N2O4. The molecule has 6 heteroatoms. The van der Waals surface area contributed by atoms with Crippen molar-refractivity contribution in [2.45, 2.75) is 20.5 Å². The number of nitriles is 1. The third kappa shape index (κ3) is 5.71. The molecule has 0 N–H and O–H groups in total. The number of allylic oxidation sites excluding steroid dienone is 1. The highest BCUT2D eigenvalue weighted by Gasteiger charge is 2.11. The summed E-state index contributed by atoms with van der Waals surface area (Å²) in [6.45, 7) is 4.79. The summed E-state index contributed by atoms with van der Waals surface area (Å²) in [5.41, 5.74) is 3.71. The minimum absolute atomic E-state index is 0.0616. The van der Waals surface area contributed by atoms with Gasteiger partial charge in [-0.1, -0.05) is 48.0 Å². The minimum Gasteiger partial charge on any atom is -0.490 e. The van der Waals surface area contributed by atoms with Gasteiger partial charge in [0, 0.05) is 12.1 Å². The van der Waals surface area contributed by atoms with Crippen molar-refractivity contribution in [3.8, 4) is 17.6 Å². The van der Waals surface area contributed by atoms with Crippen LogP contribution in [-0.4, -0.2) is 11.5 Å². The van der Waals surface area contributed by atoms with Crippen LogP contribution in [0.4, 0.5) is 5.69 Å². The normalized spacial score (nSPS) is 10.9. The second-order valence-corrected chi connectivity index (χ2v) is 6.89. The summed E-state index contributed by atoms with van der Waals surface area (Å²) in [7, 11) is 0. The fourth-order valence-corrected chi connectivity index (χ4v) is 2.98. The van der Waals surface area contributed by atoms with Crippen molar-refractivity contribution in [3.05, 3.63) is 99.1 Å². The van der Waals surface area contributed by atoms with E-state index in [0.29, 0.717) is 35.8 Å². The number of nitro groups is 1. The number of non-ortho nitro benzene ring substituents is 1. The summed E-state index contributed by atoms with van der Waals surface area (Å²) < 4.78 is 11.7. The standard InChI is InChI=1S/C25H22N2O4/c1-3-30-25-14-20(11-12-24(25)31-17-19-9-7-18(2)8-10-19)13-22(16-26)21-5-4-6-23(15-21)27(28)29/h4-15H,3,17H2,1-2H3/b22-13-. The Hall–Kier alpha value is -4.11. The SMILES string of the molecule is CCOc1cc(/C=C(/C#N)c2cccc([N+](=O)[O-])c2)ccc1OCc1ccc(C)cc1. The highest BCUT2D eigenvalue weighted by atomic mass is 16.6. The molecule has 0 spiro atoms. The summed E-state index contributed by atoms with van der Waals surface area (Å²) >= 11 is 0. The van der Waals surface area contributed by atoms with Gasteiger partial charge in [0.25, 0.3) is 5.69 Å². The van der Waals surface area contributed by atoms with Gasteiger partial charge in [0.2, 0.25) is 0 Å². The van der Waals surface area contributed by atoms with Gasteiger partial charge >= 0.3 is 0 Å². The molecule has 0 heterocycles. The zero-order valence-corrected chi connectivity index (χ0v) is 17.4. The second-order valence-electron chi connectivity index (χ2n) is 6.89. The smallest absolute Gasteiger partial charge is 0.270 e. The number of nitrogens with zero attached hydrogens (tertiary/aromatic N) is 2. The number of hydrogen-bond donors (Lipinski definition) is 0. The maximum atomic E-state index is 11.0. The van der Waals surface area contributed by atoms with E-state index in [4.69, 9.17) is 9.47 Å². The van der Waals surface area contributed by atoms with Crippen LogP contribution in [0.2, 0.25) is 0 Å². The van der Waals surface area contributed by atoms with Gasteiger partial charge in [0.05, 0.1) is 23.2 Å². The molecule has 0 aliphatic rings. The molecule has 0 saturated carbocycles. The van der Waals surface area contributed by atoms with E-state index in [-0.39, 0.29) is 5.69 Å². The van der Waals surface area contributed by atoms with Crippen LogP contribution in [0.25, 0.3) is 11.6 Å². The predicted octanol–water partition coefficient (Wildman–Crippen LogP) is 5.95. The Morgan fingerprint density at radius 1 is 1.06 bits per heavy atom. The zero-order valence-electron chi connectivity index (χ0n) is 17.4. The van der Waals surface area contributed by atoms with Crippen LogP contribution in [0.3, 0.4) is 0 Å². The molecule has 0 aliphatic carbocycles. The molecule has 0 aliphatic heterocycles. The molecule has 3 aromatic carbocycles. The molecule has 0 radical (unpaired) electrons. The molecule has 3 rings (SSSR count). The third-order valence-electron chi connectivity index (χ3n) is 4.58. The van der Waals surface area contributed by atoms with Gasteiger partial charge in [0.15, 0.2) is 11.5 Å². The number of aryl methyl sites for hydroxylation is 1. The number of rotatable bonds is 8. The molecule has 3 aromatic rings.